The highest BCUT2D eigenvalue weighted by Crippen LogP contribution is 2.19. The van der Waals surface area contributed by atoms with Gasteiger partial charge in [0.25, 0.3) is 0 Å². The molecule has 0 aromatic heterocycles. The van der Waals surface area contributed by atoms with E-state index in [0.717, 1.165) is 25.5 Å². The fourth-order valence-corrected chi connectivity index (χ4v) is 3.70. The SMILES string of the molecule is CNCc1ccc(F)cc1S(=O)(=O)NCCC1CCOC1. The van der Waals surface area contributed by atoms with Crippen molar-refractivity contribution >= 4 is 10.0 Å². The van der Waals surface area contributed by atoms with Gasteiger partial charge in [-0.15, -0.1) is 0 Å². The van der Waals surface area contributed by atoms with Gasteiger partial charge >= 0.3 is 0 Å². The fraction of sp³-hybridized carbons (Fsp3) is 0.571. The number of ether oxygens (including phenoxy) is 1. The molecular formula is C14H21FN2O3S. The lowest BCUT2D eigenvalue weighted by atomic mass is 10.1. The van der Waals surface area contributed by atoms with Crippen LogP contribution in [0.2, 0.25) is 0 Å². The summed E-state index contributed by atoms with van der Waals surface area (Å²) in [6.07, 6.45) is 1.70. The van der Waals surface area contributed by atoms with Crippen molar-refractivity contribution in [3.8, 4) is 0 Å². The van der Waals surface area contributed by atoms with Crippen molar-refractivity contribution in [3.05, 3.63) is 29.6 Å². The van der Waals surface area contributed by atoms with Crippen molar-refractivity contribution in [1.82, 2.24) is 10.0 Å². The van der Waals surface area contributed by atoms with Crippen molar-refractivity contribution in [2.75, 3.05) is 26.8 Å². The second-order valence-electron chi connectivity index (χ2n) is 5.20. The van der Waals surface area contributed by atoms with E-state index in [1.807, 2.05) is 0 Å². The quantitative estimate of drug-likeness (QED) is 0.794. The van der Waals surface area contributed by atoms with Gasteiger partial charge in [0.1, 0.15) is 5.82 Å². The molecule has 2 N–H and O–H groups in total. The number of nitrogens with one attached hydrogen (secondary N) is 2. The van der Waals surface area contributed by atoms with Gasteiger partial charge in [0.05, 0.1) is 4.90 Å². The van der Waals surface area contributed by atoms with Crippen LogP contribution < -0.4 is 10.0 Å². The smallest absolute Gasteiger partial charge is 0.240 e. The molecule has 0 aliphatic carbocycles. The first-order valence-corrected chi connectivity index (χ1v) is 8.51. The Morgan fingerprint density at radius 1 is 1.43 bits per heavy atom. The summed E-state index contributed by atoms with van der Waals surface area (Å²) in [5.41, 5.74) is 0.551. The van der Waals surface area contributed by atoms with Gasteiger partial charge in [0.2, 0.25) is 10.0 Å². The van der Waals surface area contributed by atoms with Crippen LogP contribution in [0.5, 0.6) is 0 Å². The molecule has 0 amide bonds. The molecule has 1 aromatic carbocycles. The molecule has 1 aliphatic heterocycles. The number of hydrogen-bond acceptors (Lipinski definition) is 4. The Labute approximate surface area is 124 Å². The topological polar surface area (TPSA) is 67.4 Å². The molecule has 5 nitrogen and oxygen atoms in total. The van der Waals surface area contributed by atoms with Gasteiger partial charge in [-0.2, -0.15) is 0 Å². The van der Waals surface area contributed by atoms with Crippen LogP contribution in [0, 0.1) is 11.7 Å². The third-order valence-electron chi connectivity index (χ3n) is 3.55. The highest BCUT2D eigenvalue weighted by atomic mass is 32.2. The Hall–Kier alpha value is -1.02. The van der Waals surface area contributed by atoms with Crippen LogP contribution in [0.25, 0.3) is 0 Å². The highest BCUT2D eigenvalue weighted by molar-refractivity contribution is 7.89. The normalized spacial score (nSPS) is 19.0. The minimum Gasteiger partial charge on any atom is -0.381 e. The molecule has 7 heteroatoms. The fourth-order valence-electron chi connectivity index (χ4n) is 2.40. The van der Waals surface area contributed by atoms with Gasteiger partial charge in [-0.05, 0) is 43.5 Å². The Morgan fingerprint density at radius 2 is 2.24 bits per heavy atom. The zero-order valence-electron chi connectivity index (χ0n) is 12.1. The molecule has 1 aromatic rings. The van der Waals surface area contributed by atoms with Gasteiger partial charge in [-0.25, -0.2) is 17.5 Å². The van der Waals surface area contributed by atoms with E-state index in [1.54, 1.807) is 7.05 Å². The van der Waals surface area contributed by atoms with E-state index in [2.05, 4.69) is 10.0 Å². The molecule has 1 fully saturated rings. The molecule has 1 heterocycles. The summed E-state index contributed by atoms with van der Waals surface area (Å²) in [5, 5.41) is 2.89. The van der Waals surface area contributed by atoms with Gasteiger partial charge in [0.15, 0.2) is 0 Å². The molecule has 2 rings (SSSR count). The predicted octanol–water partition coefficient (Wildman–Crippen LogP) is 1.25. The van der Waals surface area contributed by atoms with Gasteiger partial charge in [0, 0.05) is 26.3 Å². The van der Waals surface area contributed by atoms with Crippen LogP contribution in [0.4, 0.5) is 4.39 Å². The zero-order valence-corrected chi connectivity index (χ0v) is 12.9. The van der Waals surface area contributed by atoms with Gasteiger partial charge < -0.3 is 10.1 Å². The first-order valence-electron chi connectivity index (χ1n) is 7.03. The Bertz CT molecular complexity index is 572. The Balaban J connectivity index is 2.05. The molecule has 1 atom stereocenters. The third kappa shape index (κ3) is 4.47. The number of rotatable bonds is 7. The van der Waals surface area contributed by atoms with Crippen LogP contribution >= 0.6 is 0 Å². The number of benzene rings is 1. The van der Waals surface area contributed by atoms with E-state index < -0.39 is 15.8 Å². The van der Waals surface area contributed by atoms with Crippen LogP contribution in [-0.2, 0) is 21.3 Å². The third-order valence-corrected chi connectivity index (χ3v) is 5.10. The van der Waals surface area contributed by atoms with Crippen molar-refractivity contribution in [3.63, 3.8) is 0 Å². The maximum Gasteiger partial charge on any atom is 0.240 e. The molecule has 1 unspecified atom stereocenters. The van der Waals surface area contributed by atoms with E-state index >= 15 is 0 Å². The summed E-state index contributed by atoms with van der Waals surface area (Å²) >= 11 is 0. The standard InChI is InChI=1S/C14H21FN2O3S/c1-16-9-12-2-3-13(15)8-14(12)21(18,19)17-6-4-11-5-7-20-10-11/h2-3,8,11,16-17H,4-7,9-10H2,1H3. The number of sulfonamides is 1. The van der Waals surface area contributed by atoms with E-state index in [-0.39, 0.29) is 4.90 Å². The predicted molar refractivity (Wildman–Crippen MR) is 77.9 cm³/mol. The number of halogens is 1. The highest BCUT2D eigenvalue weighted by Gasteiger charge is 2.20. The molecular weight excluding hydrogens is 295 g/mol. The second kappa shape index (κ2) is 7.31. The number of hydrogen-bond donors (Lipinski definition) is 2. The van der Waals surface area contributed by atoms with Crippen LogP contribution in [0.1, 0.15) is 18.4 Å². The molecule has 0 saturated carbocycles. The molecule has 118 valence electrons. The van der Waals surface area contributed by atoms with E-state index in [4.69, 9.17) is 4.74 Å². The van der Waals surface area contributed by atoms with E-state index in [1.165, 1.54) is 12.1 Å². The lowest BCUT2D eigenvalue weighted by Crippen LogP contribution is -2.28. The molecule has 0 spiro atoms. The van der Waals surface area contributed by atoms with Crippen LogP contribution in [0.3, 0.4) is 0 Å². The van der Waals surface area contributed by atoms with Crippen LogP contribution in [0.15, 0.2) is 23.1 Å². The summed E-state index contributed by atoms with van der Waals surface area (Å²) in [4.78, 5) is -0.000443. The Kier molecular flexibility index (Phi) is 5.69. The molecule has 21 heavy (non-hydrogen) atoms. The summed E-state index contributed by atoms with van der Waals surface area (Å²) in [5.74, 6) is -0.156. The second-order valence-corrected chi connectivity index (χ2v) is 6.93. The summed E-state index contributed by atoms with van der Waals surface area (Å²) in [7, 11) is -1.98. The lowest BCUT2D eigenvalue weighted by molar-refractivity contribution is 0.184. The lowest BCUT2D eigenvalue weighted by Gasteiger charge is -2.13. The maximum atomic E-state index is 13.4. The summed E-state index contributed by atoms with van der Waals surface area (Å²) in [6, 6.07) is 3.82. The van der Waals surface area contributed by atoms with Crippen molar-refractivity contribution in [2.24, 2.45) is 5.92 Å². The zero-order chi connectivity index (χ0) is 15.3. The average molecular weight is 316 g/mol. The van der Waals surface area contributed by atoms with Crippen LogP contribution in [-0.4, -0.2) is 35.2 Å². The Morgan fingerprint density at radius 3 is 2.90 bits per heavy atom. The van der Waals surface area contributed by atoms with Crippen molar-refractivity contribution in [1.29, 1.82) is 0 Å². The first kappa shape index (κ1) is 16.4. The van der Waals surface area contributed by atoms with Crippen molar-refractivity contribution in [2.45, 2.75) is 24.3 Å². The molecule has 0 bridgehead atoms. The van der Waals surface area contributed by atoms with E-state index in [9.17, 15) is 12.8 Å². The summed E-state index contributed by atoms with van der Waals surface area (Å²) < 4.78 is 45.8. The van der Waals surface area contributed by atoms with Gasteiger partial charge in [-0.3, -0.25) is 0 Å². The minimum atomic E-state index is -3.70. The first-order chi connectivity index (χ1) is 10.0. The molecule has 0 radical (unpaired) electrons. The maximum absolute atomic E-state index is 13.4. The van der Waals surface area contributed by atoms with Crippen molar-refractivity contribution < 1.29 is 17.5 Å². The van der Waals surface area contributed by atoms with E-state index in [0.29, 0.717) is 31.2 Å². The minimum absolute atomic E-state index is 0.000443. The summed E-state index contributed by atoms with van der Waals surface area (Å²) in [6.45, 7) is 2.14. The monoisotopic (exact) mass is 316 g/mol. The van der Waals surface area contributed by atoms with Gasteiger partial charge in [-0.1, -0.05) is 6.07 Å². The average Bonchev–Trinajstić information content (AvgIpc) is 2.94. The largest absolute Gasteiger partial charge is 0.381 e. The molecule has 1 saturated heterocycles. The molecule has 1 aliphatic rings.